The number of rotatable bonds is 6. The lowest BCUT2D eigenvalue weighted by molar-refractivity contribution is -0.117. The van der Waals surface area contributed by atoms with Crippen LogP contribution >= 0.6 is 11.8 Å². The lowest BCUT2D eigenvalue weighted by Gasteiger charge is -2.22. The van der Waals surface area contributed by atoms with Crippen LogP contribution in [-0.4, -0.2) is 62.0 Å². The van der Waals surface area contributed by atoms with Crippen LogP contribution in [0.25, 0.3) is 6.08 Å². The zero-order valence-electron chi connectivity index (χ0n) is 16.1. The van der Waals surface area contributed by atoms with Gasteiger partial charge in [-0.05, 0) is 43.9 Å². The van der Waals surface area contributed by atoms with Gasteiger partial charge in [-0.15, -0.1) is 11.8 Å². The monoisotopic (exact) mass is 397 g/mol. The number of carbonyl (C=O) groups is 2. The first-order valence-corrected chi connectivity index (χ1v) is 9.82. The summed E-state index contributed by atoms with van der Waals surface area (Å²) in [5.74, 6) is 0.282. The summed E-state index contributed by atoms with van der Waals surface area (Å²) >= 11 is 1.44. The molecule has 0 aromatic heterocycles. The third-order valence-electron chi connectivity index (χ3n) is 4.24. The Morgan fingerprint density at radius 3 is 2.96 bits per heavy atom. The van der Waals surface area contributed by atoms with E-state index in [1.807, 2.05) is 55.4 Å². The number of benzene rings is 1. The maximum absolute atomic E-state index is 12.5. The first kappa shape index (κ1) is 20.1. The van der Waals surface area contributed by atoms with Crippen LogP contribution in [0.3, 0.4) is 0 Å². The number of carbonyl (C=O) groups excluding carboxylic acids is 2. The Kier molecular flexibility index (Phi) is 6.49. The maximum atomic E-state index is 12.5. The second-order valence-corrected chi connectivity index (χ2v) is 7.87. The lowest BCUT2D eigenvalue weighted by Crippen LogP contribution is -2.33. The number of allylic oxidation sites excluding steroid dienone is 1. The highest BCUT2D eigenvalue weighted by Gasteiger charge is 2.28. The molecule has 0 spiro atoms. The van der Waals surface area contributed by atoms with Gasteiger partial charge in [0.05, 0.1) is 23.0 Å². The molecule has 0 saturated carbocycles. The van der Waals surface area contributed by atoms with Crippen LogP contribution in [-0.2, 0) is 9.59 Å². The predicted molar refractivity (Wildman–Crippen MR) is 114 cm³/mol. The Balaban J connectivity index is 1.74. The lowest BCUT2D eigenvalue weighted by atomic mass is 10.0. The smallest absolute Gasteiger partial charge is 0.283 e. The number of hydrogen-bond acceptors (Lipinski definition) is 5. The van der Waals surface area contributed by atoms with Crippen LogP contribution in [0.15, 0.2) is 58.0 Å². The average molecular weight is 398 g/mol. The van der Waals surface area contributed by atoms with Gasteiger partial charge in [0, 0.05) is 18.7 Å². The highest BCUT2D eigenvalue weighted by molar-refractivity contribution is 8.05. The predicted octanol–water partition coefficient (Wildman–Crippen LogP) is 2.29. The fraction of sp³-hybridized carbons (Fsp3) is 0.286. The van der Waals surface area contributed by atoms with Gasteiger partial charge >= 0.3 is 0 Å². The minimum Gasteiger partial charge on any atom is -0.497 e. The SMILES string of the molecule is COc1cccc(/C=C2/SC3C=CC(C(=O)NCCN(C)C)=CC3=NC2=O)c1. The summed E-state index contributed by atoms with van der Waals surface area (Å²) in [6, 6.07) is 7.51. The van der Waals surface area contributed by atoms with E-state index in [4.69, 9.17) is 4.74 Å². The molecule has 2 aliphatic rings. The first-order valence-electron chi connectivity index (χ1n) is 8.94. The van der Waals surface area contributed by atoms with Crippen molar-refractivity contribution in [1.29, 1.82) is 0 Å². The molecule has 1 aromatic carbocycles. The number of likely N-dealkylation sites (N-methyl/N-ethyl adjacent to an activating group) is 1. The van der Waals surface area contributed by atoms with Crippen molar-refractivity contribution in [2.24, 2.45) is 4.99 Å². The van der Waals surface area contributed by atoms with E-state index in [9.17, 15) is 9.59 Å². The van der Waals surface area contributed by atoms with E-state index in [-0.39, 0.29) is 17.1 Å². The number of nitrogens with one attached hydrogen (secondary N) is 1. The van der Waals surface area contributed by atoms with Crippen molar-refractivity contribution in [2.75, 3.05) is 34.3 Å². The molecule has 7 heteroatoms. The van der Waals surface area contributed by atoms with Crippen LogP contribution in [0, 0.1) is 0 Å². The van der Waals surface area contributed by atoms with Crippen LogP contribution in [0.5, 0.6) is 5.75 Å². The molecule has 0 saturated heterocycles. The Labute approximate surface area is 169 Å². The van der Waals surface area contributed by atoms with E-state index >= 15 is 0 Å². The fourth-order valence-corrected chi connectivity index (χ4v) is 3.77. The summed E-state index contributed by atoms with van der Waals surface area (Å²) in [7, 11) is 5.51. The van der Waals surface area contributed by atoms with E-state index in [0.717, 1.165) is 17.9 Å². The minimum absolute atomic E-state index is 0.0760. The Bertz CT molecular complexity index is 900. The topological polar surface area (TPSA) is 71.0 Å². The van der Waals surface area contributed by atoms with Crippen molar-refractivity contribution < 1.29 is 14.3 Å². The zero-order valence-corrected chi connectivity index (χ0v) is 17.0. The number of ether oxygens (including phenoxy) is 1. The van der Waals surface area contributed by atoms with Crippen LogP contribution in [0.1, 0.15) is 5.56 Å². The zero-order chi connectivity index (χ0) is 20.1. The molecule has 1 atom stereocenters. The van der Waals surface area contributed by atoms with Gasteiger partial charge < -0.3 is 15.0 Å². The van der Waals surface area contributed by atoms with E-state index in [1.54, 1.807) is 19.3 Å². The van der Waals surface area contributed by atoms with Crippen LogP contribution < -0.4 is 10.1 Å². The standard InChI is InChI=1S/C21H23N3O3S/c1-24(2)10-9-22-20(25)15-7-8-18-17(13-15)23-21(26)19(28-18)12-14-5-4-6-16(11-14)27-3/h4-8,11-13,18H,9-10H2,1-3H3,(H,22,25)/b19-12+. The summed E-state index contributed by atoms with van der Waals surface area (Å²) in [6.07, 6.45) is 7.22. The van der Waals surface area contributed by atoms with Gasteiger partial charge in [0.25, 0.3) is 11.8 Å². The quantitative estimate of drug-likeness (QED) is 0.746. The summed E-state index contributed by atoms with van der Waals surface area (Å²) in [5, 5.41) is 2.80. The second-order valence-electron chi connectivity index (χ2n) is 6.68. The first-order chi connectivity index (χ1) is 13.5. The van der Waals surface area contributed by atoms with Gasteiger partial charge in [-0.1, -0.05) is 24.3 Å². The Morgan fingerprint density at radius 2 is 2.21 bits per heavy atom. The number of fused-ring (bicyclic) bond motifs is 1. The number of amides is 2. The third kappa shape index (κ3) is 4.99. The van der Waals surface area contributed by atoms with Crippen molar-refractivity contribution in [3.8, 4) is 5.75 Å². The van der Waals surface area contributed by atoms with E-state index in [0.29, 0.717) is 22.7 Å². The van der Waals surface area contributed by atoms with Crippen molar-refractivity contribution in [3.05, 3.63) is 58.5 Å². The summed E-state index contributed by atoms with van der Waals surface area (Å²) in [5.41, 5.74) is 2.01. The average Bonchev–Trinajstić information content (AvgIpc) is 2.68. The van der Waals surface area contributed by atoms with Gasteiger partial charge in [-0.2, -0.15) is 0 Å². The molecular weight excluding hydrogens is 374 g/mol. The van der Waals surface area contributed by atoms with Crippen molar-refractivity contribution in [3.63, 3.8) is 0 Å². The summed E-state index contributed by atoms with van der Waals surface area (Å²) in [4.78, 5) is 31.5. The van der Waals surface area contributed by atoms with Crippen molar-refractivity contribution in [2.45, 2.75) is 5.25 Å². The molecule has 3 rings (SSSR count). The van der Waals surface area contributed by atoms with Gasteiger partial charge in [-0.25, -0.2) is 4.99 Å². The molecule has 1 aliphatic carbocycles. The molecule has 1 aromatic rings. The molecule has 2 amide bonds. The molecule has 146 valence electrons. The van der Waals surface area contributed by atoms with Crippen LogP contribution in [0.2, 0.25) is 0 Å². The molecule has 6 nitrogen and oxygen atoms in total. The van der Waals surface area contributed by atoms with E-state index in [1.165, 1.54) is 11.8 Å². The highest BCUT2D eigenvalue weighted by atomic mass is 32.2. The Morgan fingerprint density at radius 1 is 1.39 bits per heavy atom. The molecule has 28 heavy (non-hydrogen) atoms. The molecule has 1 N–H and O–H groups in total. The van der Waals surface area contributed by atoms with Crippen molar-refractivity contribution in [1.82, 2.24) is 10.2 Å². The van der Waals surface area contributed by atoms with Gasteiger partial charge in [-0.3, -0.25) is 9.59 Å². The summed E-state index contributed by atoms with van der Waals surface area (Å²) in [6.45, 7) is 1.33. The Hall–Kier alpha value is -2.64. The van der Waals surface area contributed by atoms with Gasteiger partial charge in [0.15, 0.2) is 0 Å². The number of hydrogen-bond donors (Lipinski definition) is 1. The van der Waals surface area contributed by atoms with Crippen LogP contribution in [0.4, 0.5) is 0 Å². The van der Waals surface area contributed by atoms with E-state index < -0.39 is 0 Å². The summed E-state index contributed by atoms with van der Waals surface area (Å²) < 4.78 is 5.22. The molecule has 1 heterocycles. The fourth-order valence-electron chi connectivity index (χ4n) is 2.75. The highest BCUT2D eigenvalue weighted by Crippen LogP contribution is 2.34. The number of nitrogens with zero attached hydrogens (tertiary/aromatic N) is 2. The molecular formula is C21H23N3O3S. The number of thioether (sulfide) groups is 1. The molecule has 0 bridgehead atoms. The van der Waals surface area contributed by atoms with E-state index in [2.05, 4.69) is 10.3 Å². The molecule has 0 radical (unpaired) electrons. The van der Waals surface area contributed by atoms with Gasteiger partial charge in [0.1, 0.15) is 5.75 Å². The molecule has 1 unspecified atom stereocenters. The van der Waals surface area contributed by atoms with Crippen molar-refractivity contribution >= 4 is 35.4 Å². The molecule has 1 aliphatic heterocycles. The number of aliphatic imine (C=N–C) groups is 1. The second kappa shape index (κ2) is 9.03. The third-order valence-corrected chi connectivity index (χ3v) is 5.44. The normalized spacial score (nSPS) is 19.9. The molecule has 0 fully saturated rings. The maximum Gasteiger partial charge on any atom is 0.283 e. The minimum atomic E-state index is -0.294. The number of methoxy groups -OCH3 is 1. The largest absolute Gasteiger partial charge is 0.497 e. The van der Waals surface area contributed by atoms with Gasteiger partial charge in [0.2, 0.25) is 0 Å².